The van der Waals surface area contributed by atoms with Crippen molar-refractivity contribution in [1.29, 1.82) is 0 Å². The Labute approximate surface area is 165 Å². The van der Waals surface area contributed by atoms with Crippen LogP contribution in [-0.2, 0) is 13.1 Å². The summed E-state index contributed by atoms with van der Waals surface area (Å²) in [4.78, 5) is 14.3. The molecule has 0 radical (unpaired) electrons. The van der Waals surface area contributed by atoms with Crippen LogP contribution in [0, 0.1) is 13.8 Å². The number of rotatable bonds is 7. The van der Waals surface area contributed by atoms with Gasteiger partial charge in [-0.3, -0.25) is 4.90 Å². The Balaban J connectivity index is 1.85. The minimum Gasteiger partial charge on any atom is -0.497 e. The van der Waals surface area contributed by atoms with Gasteiger partial charge in [0.15, 0.2) is 0 Å². The molecule has 0 saturated heterocycles. The molecule has 0 unspecified atom stereocenters. The highest BCUT2D eigenvalue weighted by molar-refractivity contribution is 7.18. The van der Waals surface area contributed by atoms with Crippen LogP contribution in [0.5, 0.6) is 5.75 Å². The summed E-state index contributed by atoms with van der Waals surface area (Å²) in [6, 6.07) is 8.49. The van der Waals surface area contributed by atoms with E-state index in [1.54, 1.807) is 18.4 Å². The minimum atomic E-state index is 0.324. The van der Waals surface area contributed by atoms with Gasteiger partial charge < -0.3 is 10.1 Å². The Kier molecular flexibility index (Phi) is 5.97. The standard InChI is InChI=1S/C21H28N4OS/c1-13(2)22-20-19-14(3)15(4)27-21(19)24-18(23-20)12-25(5)11-16-8-7-9-17(10-16)26-6/h7-10,13H,11-12H2,1-6H3,(H,22,23,24). The zero-order valence-corrected chi connectivity index (χ0v) is 17.8. The lowest BCUT2D eigenvalue weighted by atomic mass is 10.2. The van der Waals surface area contributed by atoms with Crippen LogP contribution < -0.4 is 10.1 Å². The van der Waals surface area contributed by atoms with E-state index in [9.17, 15) is 0 Å². The summed E-state index contributed by atoms with van der Waals surface area (Å²) >= 11 is 1.74. The van der Waals surface area contributed by atoms with Crippen LogP contribution in [0.15, 0.2) is 24.3 Å². The molecule has 1 aromatic carbocycles. The summed E-state index contributed by atoms with van der Waals surface area (Å²) < 4.78 is 5.32. The Bertz CT molecular complexity index is 935. The van der Waals surface area contributed by atoms with Crippen molar-refractivity contribution in [3.8, 4) is 5.75 Å². The van der Waals surface area contributed by atoms with Gasteiger partial charge in [-0.05, 0) is 58.0 Å². The number of nitrogens with zero attached hydrogens (tertiary/aromatic N) is 3. The second kappa shape index (κ2) is 8.23. The van der Waals surface area contributed by atoms with Crippen LogP contribution in [0.3, 0.4) is 0 Å². The predicted octanol–water partition coefficient (Wildman–Crippen LogP) is 4.77. The molecule has 3 aromatic rings. The maximum atomic E-state index is 5.32. The zero-order chi connectivity index (χ0) is 19.6. The Morgan fingerprint density at radius 1 is 1.19 bits per heavy atom. The van der Waals surface area contributed by atoms with Crippen molar-refractivity contribution < 1.29 is 4.74 Å². The van der Waals surface area contributed by atoms with Crippen molar-refractivity contribution in [3.63, 3.8) is 0 Å². The molecule has 2 heterocycles. The van der Waals surface area contributed by atoms with Crippen molar-refractivity contribution in [1.82, 2.24) is 14.9 Å². The zero-order valence-electron chi connectivity index (χ0n) is 17.0. The van der Waals surface area contributed by atoms with Gasteiger partial charge in [-0.15, -0.1) is 11.3 Å². The summed E-state index contributed by atoms with van der Waals surface area (Å²) in [5.41, 5.74) is 2.48. The number of hydrogen-bond donors (Lipinski definition) is 1. The van der Waals surface area contributed by atoms with Crippen LogP contribution in [0.1, 0.15) is 35.7 Å². The fraction of sp³-hybridized carbons (Fsp3) is 0.429. The van der Waals surface area contributed by atoms with E-state index in [4.69, 9.17) is 14.7 Å². The normalized spacial score (nSPS) is 11.6. The van der Waals surface area contributed by atoms with Crippen molar-refractivity contribution in [2.75, 3.05) is 19.5 Å². The van der Waals surface area contributed by atoms with E-state index in [1.807, 2.05) is 12.1 Å². The molecule has 0 spiro atoms. The third-order valence-electron chi connectivity index (χ3n) is 4.50. The molecule has 1 N–H and O–H groups in total. The summed E-state index contributed by atoms with van der Waals surface area (Å²) in [6.45, 7) is 10.1. The molecule has 2 aromatic heterocycles. The first-order valence-electron chi connectivity index (χ1n) is 9.22. The van der Waals surface area contributed by atoms with E-state index >= 15 is 0 Å². The number of benzene rings is 1. The maximum absolute atomic E-state index is 5.32. The molecule has 0 aliphatic rings. The number of methoxy groups -OCH3 is 1. The number of nitrogens with one attached hydrogen (secondary N) is 1. The highest BCUT2D eigenvalue weighted by atomic mass is 32.1. The van der Waals surface area contributed by atoms with Gasteiger partial charge in [-0.2, -0.15) is 0 Å². The fourth-order valence-electron chi connectivity index (χ4n) is 3.12. The van der Waals surface area contributed by atoms with Gasteiger partial charge in [-0.25, -0.2) is 9.97 Å². The monoisotopic (exact) mass is 384 g/mol. The van der Waals surface area contributed by atoms with Crippen molar-refractivity contribution in [2.24, 2.45) is 0 Å². The lowest BCUT2D eigenvalue weighted by Crippen LogP contribution is -2.20. The number of aryl methyl sites for hydroxylation is 2. The number of thiophene rings is 1. The van der Waals surface area contributed by atoms with Gasteiger partial charge in [-0.1, -0.05) is 12.1 Å². The lowest BCUT2D eigenvalue weighted by molar-refractivity contribution is 0.310. The number of ether oxygens (including phenoxy) is 1. The summed E-state index contributed by atoms with van der Waals surface area (Å²) in [5.74, 6) is 2.67. The molecule has 0 amide bonds. The Morgan fingerprint density at radius 3 is 2.67 bits per heavy atom. The maximum Gasteiger partial charge on any atom is 0.146 e. The highest BCUT2D eigenvalue weighted by Gasteiger charge is 2.16. The third-order valence-corrected chi connectivity index (χ3v) is 5.60. The Morgan fingerprint density at radius 2 is 1.96 bits per heavy atom. The average molecular weight is 385 g/mol. The second-order valence-corrected chi connectivity index (χ2v) is 8.48. The van der Waals surface area contributed by atoms with Gasteiger partial charge in [0.2, 0.25) is 0 Å². The SMILES string of the molecule is COc1cccc(CN(C)Cc2nc(NC(C)C)c3c(C)c(C)sc3n2)c1. The summed E-state index contributed by atoms with van der Waals surface area (Å²) in [7, 11) is 3.79. The van der Waals surface area contributed by atoms with E-state index in [0.29, 0.717) is 12.6 Å². The molecule has 5 nitrogen and oxygen atoms in total. The van der Waals surface area contributed by atoms with Gasteiger partial charge >= 0.3 is 0 Å². The van der Waals surface area contributed by atoms with Gasteiger partial charge in [0, 0.05) is 17.5 Å². The molecule has 0 aliphatic heterocycles. The molecule has 144 valence electrons. The van der Waals surface area contributed by atoms with Gasteiger partial charge in [0.1, 0.15) is 22.2 Å². The van der Waals surface area contributed by atoms with Crippen molar-refractivity contribution in [2.45, 2.75) is 46.8 Å². The fourth-order valence-corrected chi connectivity index (χ4v) is 4.17. The van der Waals surface area contributed by atoms with Gasteiger partial charge in [0.25, 0.3) is 0 Å². The van der Waals surface area contributed by atoms with E-state index in [2.05, 4.69) is 57.1 Å². The molecule has 0 fully saturated rings. The number of fused-ring (bicyclic) bond motifs is 1. The number of anilines is 1. The molecule has 0 atom stereocenters. The molecular weight excluding hydrogens is 356 g/mol. The molecule has 3 rings (SSSR count). The van der Waals surface area contributed by atoms with Crippen LogP contribution in [0.4, 0.5) is 5.82 Å². The molecular formula is C21H28N4OS. The van der Waals surface area contributed by atoms with E-state index in [1.165, 1.54) is 16.0 Å². The molecule has 0 aliphatic carbocycles. The first-order valence-corrected chi connectivity index (χ1v) is 10.0. The van der Waals surface area contributed by atoms with Crippen LogP contribution in [-0.4, -0.2) is 35.1 Å². The van der Waals surface area contributed by atoms with Crippen LogP contribution >= 0.6 is 11.3 Å². The molecule has 0 saturated carbocycles. The first-order chi connectivity index (χ1) is 12.9. The highest BCUT2D eigenvalue weighted by Crippen LogP contribution is 2.33. The summed E-state index contributed by atoms with van der Waals surface area (Å²) in [6.07, 6.45) is 0. The number of aromatic nitrogens is 2. The van der Waals surface area contributed by atoms with E-state index in [-0.39, 0.29) is 0 Å². The third kappa shape index (κ3) is 4.57. The van der Waals surface area contributed by atoms with Crippen molar-refractivity contribution >= 4 is 27.4 Å². The van der Waals surface area contributed by atoms with E-state index < -0.39 is 0 Å². The van der Waals surface area contributed by atoms with Gasteiger partial charge in [0.05, 0.1) is 19.0 Å². The average Bonchev–Trinajstić information content (AvgIpc) is 2.88. The first kappa shape index (κ1) is 19.6. The number of hydrogen-bond acceptors (Lipinski definition) is 6. The predicted molar refractivity (Wildman–Crippen MR) is 114 cm³/mol. The smallest absolute Gasteiger partial charge is 0.146 e. The van der Waals surface area contributed by atoms with Crippen LogP contribution in [0.25, 0.3) is 10.2 Å². The Hall–Kier alpha value is -2.18. The van der Waals surface area contributed by atoms with E-state index in [0.717, 1.165) is 34.2 Å². The molecule has 27 heavy (non-hydrogen) atoms. The minimum absolute atomic E-state index is 0.324. The second-order valence-electron chi connectivity index (χ2n) is 7.27. The molecule has 0 bridgehead atoms. The van der Waals surface area contributed by atoms with Crippen molar-refractivity contribution in [3.05, 3.63) is 46.1 Å². The largest absolute Gasteiger partial charge is 0.497 e. The van der Waals surface area contributed by atoms with Crippen LogP contribution in [0.2, 0.25) is 0 Å². The topological polar surface area (TPSA) is 50.3 Å². The summed E-state index contributed by atoms with van der Waals surface area (Å²) in [5, 5.41) is 4.66. The lowest BCUT2D eigenvalue weighted by Gasteiger charge is -2.18. The quantitative estimate of drug-likeness (QED) is 0.636. The molecule has 6 heteroatoms.